The Morgan fingerprint density at radius 1 is 1.43 bits per heavy atom. The zero-order chi connectivity index (χ0) is 15.8. The summed E-state index contributed by atoms with van der Waals surface area (Å²) < 4.78 is 29.7. The van der Waals surface area contributed by atoms with Gasteiger partial charge in [0.2, 0.25) is 0 Å². The number of sulfone groups is 1. The van der Waals surface area contributed by atoms with Crippen LogP contribution in [0.15, 0.2) is 10.9 Å². The highest BCUT2D eigenvalue weighted by molar-refractivity contribution is 7.91. The highest BCUT2D eigenvalue weighted by atomic mass is 32.2. The number of carbonyl (C=O) groups is 1. The highest BCUT2D eigenvalue weighted by Crippen LogP contribution is 2.25. The summed E-state index contributed by atoms with van der Waals surface area (Å²) in [6.45, 7) is 5.29. The third-order valence-electron chi connectivity index (χ3n) is 3.75. The number of hydrogen-bond acceptors (Lipinski definition) is 5. The van der Waals surface area contributed by atoms with E-state index in [9.17, 15) is 18.0 Å². The summed E-state index contributed by atoms with van der Waals surface area (Å²) in [5.74, 6) is -0.465. The van der Waals surface area contributed by atoms with Gasteiger partial charge in [-0.1, -0.05) is 0 Å². The van der Waals surface area contributed by atoms with E-state index in [2.05, 4.69) is 0 Å². The van der Waals surface area contributed by atoms with Gasteiger partial charge in [0.15, 0.2) is 9.84 Å². The summed E-state index contributed by atoms with van der Waals surface area (Å²) in [4.78, 5) is 24.2. The third kappa shape index (κ3) is 3.02. The summed E-state index contributed by atoms with van der Waals surface area (Å²) >= 11 is 0. The lowest BCUT2D eigenvalue weighted by atomic mass is 10.1. The van der Waals surface area contributed by atoms with E-state index in [1.807, 2.05) is 0 Å². The van der Waals surface area contributed by atoms with Crippen LogP contribution >= 0.6 is 0 Å². The topological polar surface area (TPSA) is 82.4 Å². The highest BCUT2D eigenvalue weighted by Gasteiger charge is 2.31. The van der Waals surface area contributed by atoms with Crippen LogP contribution in [0.25, 0.3) is 0 Å². The molecule has 7 heteroatoms. The first-order valence-corrected chi connectivity index (χ1v) is 8.69. The van der Waals surface area contributed by atoms with E-state index < -0.39 is 21.8 Å². The molecule has 21 heavy (non-hydrogen) atoms. The molecular formula is C14H19NO5S. The maximum absolute atomic E-state index is 12.2. The molecule has 116 valence electrons. The number of aryl methyl sites for hydroxylation is 1. The molecule has 1 aliphatic rings. The number of hydrogen-bond donors (Lipinski definition) is 0. The van der Waals surface area contributed by atoms with Crippen molar-refractivity contribution in [1.29, 1.82) is 0 Å². The number of aromatic nitrogens is 1. The molecule has 0 spiro atoms. The molecule has 1 aromatic rings. The van der Waals surface area contributed by atoms with Crippen LogP contribution in [0.2, 0.25) is 0 Å². The van der Waals surface area contributed by atoms with Gasteiger partial charge in [-0.3, -0.25) is 4.79 Å². The molecule has 6 nitrogen and oxygen atoms in total. The van der Waals surface area contributed by atoms with Crippen LogP contribution in [0.3, 0.4) is 0 Å². The summed E-state index contributed by atoms with van der Waals surface area (Å²) in [6.07, 6.45) is 0.397. The Kier molecular flexibility index (Phi) is 4.22. The van der Waals surface area contributed by atoms with E-state index in [-0.39, 0.29) is 23.7 Å². The van der Waals surface area contributed by atoms with Gasteiger partial charge in [0, 0.05) is 11.8 Å². The van der Waals surface area contributed by atoms with Gasteiger partial charge in [-0.05, 0) is 32.8 Å². The number of ether oxygens (including phenoxy) is 1. The molecule has 1 atom stereocenters. The average Bonchev–Trinajstić information content (AvgIpc) is 2.69. The molecule has 1 aromatic heterocycles. The molecule has 1 saturated heterocycles. The molecule has 0 amide bonds. The normalized spacial score (nSPS) is 20.4. The molecule has 0 aromatic carbocycles. The van der Waals surface area contributed by atoms with E-state index >= 15 is 0 Å². The van der Waals surface area contributed by atoms with Crippen LogP contribution < -0.4 is 5.56 Å². The second-order valence-corrected chi connectivity index (χ2v) is 7.50. The quantitative estimate of drug-likeness (QED) is 0.778. The fourth-order valence-electron chi connectivity index (χ4n) is 2.84. The fraction of sp³-hybridized carbons (Fsp3) is 0.571. The van der Waals surface area contributed by atoms with Crippen molar-refractivity contribution in [1.82, 2.24) is 4.57 Å². The van der Waals surface area contributed by atoms with Crippen LogP contribution in [-0.4, -0.2) is 37.1 Å². The molecule has 0 saturated carbocycles. The SMILES string of the molecule is CCOC(=O)c1c(C)cc(=O)n(C2CCS(=O)(=O)C2)c1C. The van der Waals surface area contributed by atoms with Crippen molar-refractivity contribution in [2.75, 3.05) is 18.1 Å². The second kappa shape index (κ2) is 5.63. The van der Waals surface area contributed by atoms with Crippen LogP contribution in [0.5, 0.6) is 0 Å². The molecule has 1 unspecified atom stereocenters. The maximum Gasteiger partial charge on any atom is 0.340 e. The smallest absolute Gasteiger partial charge is 0.340 e. The fourth-order valence-corrected chi connectivity index (χ4v) is 4.54. The number of nitrogens with zero attached hydrogens (tertiary/aromatic N) is 1. The largest absolute Gasteiger partial charge is 0.462 e. The first-order valence-electron chi connectivity index (χ1n) is 6.87. The van der Waals surface area contributed by atoms with Crippen molar-refractivity contribution in [3.8, 4) is 0 Å². The maximum atomic E-state index is 12.2. The third-order valence-corrected chi connectivity index (χ3v) is 5.50. The molecule has 0 radical (unpaired) electrons. The zero-order valence-corrected chi connectivity index (χ0v) is 13.2. The Labute approximate surface area is 123 Å². The first kappa shape index (κ1) is 15.8. The minimum Gasteiger partial charge on any atom is -0.462 e. The molecule has 0 aliphatic carbocycles. The summed E-state index contributed by atoms with van der Waals surface area (Å²) in [5, 5.41) is 0. The number of rotatable bonds is 3. The van der Waals surface area contributed by atoms with Gasteiger partial charge >= 0.3 is 5.97 Å². The van der Waals surface area contributed by atoms with Gasteiger partial charge in [0.25, 0.3) is 5.56 Å². The van der Waals surface area contributed by atoms with Gasteiger partial charge in [-0.2, -0.15) is 0 Å². The van der Waals surface area contributed by atoms with Crippen LogP contribution in [0.4, 0.5) is 0 Å². The molecule has 0 N–H and O–H groups in total. The Hall–Kier alpha value is -1.63. The van der Waals surface area contributed by atoms with Crippen molar-refractivity contribution >= 4 is 15.8 Å². The number of carbonyl (C=O) groups excluding carboxylic acids is 1. The van der Waals surface area contributed by atoms with E-state index in [1.165, 1.54) is 10.6 Å². The second-order valence-electron chi connectivity index (χ2n) is 5.27. The molecule has 1 aliphatic heterocycles. The molecule has 2 heterocycles. The molecule has 2 rings (SSSR count). The van der Waals surface area contributed by atoms with Crippen molar-refractivity contribution < 1.29 is 17.9 Å². The minimum atomic E-state index is -3.11. The van der Waals surface area contributed by atoms with Crippen LogP contribution in [0.1, 0.15) is 41.0 Å². The summed E-state index contributed by atoms with van der Waals surface area (Å²) in [5.41, 5.74) is 1.09. The van der Waals surface area contributed by atoms with Gasteiger partial charge in [0.05, 0.1) is 29.7 Å². The monoisotopic (exact) mass is 313 g/mol. The molecule has 0 bridgehead atoms. The lowest BCUT2D eigenvalue weighted by Crippen LogP contribution is -2.30. The lowest BCUT2D eigenvalue weighted by molar-refractivity contribution is 0.0523. The molecule has 1 fully saturated rings. The average molecular weight is 313 g/mol. The standard InChI is InChI=1S/C14H19NO5S/c1-4-20-14(17)13-9(2)7-12(16)15(10(13)3)11-5-6-21(18,19)8-11/h7,11H,4-6,8H2,1-3H3. The summed E-state index contributed by atoms with van der Waals surface area (Å²) in [7, 11) is -3.11. The van der Waals surface area contributed by atoms with Gasteiger partial charge in [0.1, 0.15) is 0 Å². The Balaban J connectivity index is 2.55. The Morgan fingerprint density at radius 3 is 2.62 bits per heavy atom. The molecular weight excluding hydrogens is 294 g/mol. The van der Waals surface area contributed by atoms with Crippen LogP contribution in [-0.2, 0) is 14.6 Å². The minimum absolute atomic E-state index is 0.0565. The number of pyridine rings is 1. The van der Waals surface area contributed by atoms with Crippen molar-refractivity contribution in [2.45, 2.75) is 33.2 Å². The predicted octanol–water partition coefficient (Wildman–Crippen LogP) is 1.00. The van der Waals surface area contributed by atoms with Gasteiger partial charge in [-0.15, -0.1) is 0 Å². The lowest BCUT2D eigenvalue weighted by Gasteiger charge is -2.19. The Bertz CT molecular complexity index is 732. The van der Waals surface area contributed by atoms with Gasteiger partial charge < -0.3 is 9.30 Å². The van der Waals surface area contributed by atoms with E-state index in [1.54, 1.807) is 20.8 Å². The number of esters is 1. The van der Waals surface area contributed by atoms with E-state index in [0.717, 1.165) is 0 Å². The summed E-state index contributed by atoms with van der Waals surface area (Å²) in [6, 6.07) is 0.959. The predicted molar refractivity (Wildman–Crippen MR) is 78.4 cm³/mol. The Morgan fingerprint density at radius 2 is 2.10 bits per heavy atom. The van der Waals surface area contributed by atoms with Crippen molar-refractivity contribution in [3.05, 3.63) is 33.2 Å². The van der Waals surface area contributed by atoms with Crippen molar-refractivity contribution in [2.24, 2.45) is 0 Å². The van der Waals surface area contributed by atoms with E-state index in [0.29, 0.717) is 23.2 Å². The van der Waals surface area contributed by atoms with Gasteiger partial charge in [-0.25, -0.2) is 13.2 Å². The first-order chi connectivity index (χ1) is 9.76. The van der Waals surface area contributed by atoms with Crippen LogP contribution in [0, 0.1) is 13.8 Å². The zero-order valence-electron chi connectivity index (χ0n) is 12.4. The van der Waals surface area contributed by atoms with Crippen molar-refractivity contribution in [3.63, 3.8) is 0 Å². The van der Waals surface area contributed by atoms with E-state index in [4.69, 9.17) is 4.74 Å².